The molecule has 0 radical (unpaired) electrons. The van der Waals surface area contributed by atoms with Crippen LogP contribution in [0.4, 0.5) is 8.78 Å². The molecule has 2 fully saturated rings. The van der Waals surface area contributed by atoms with Gasteiger partial charge in [0.05, 0.1) is 6.04 Å². The van der Waals surface area contributed by atoms with Crippen LogP contribution in [0.2, 0.25) is 0 Å². The fraction of sp³-hybridized carbons (Fsp3) is 1.00. The summed E-state index contributed by atoms with van der Waals surface area (Å²) in [7, 11) is 0. The number of halogens is 2. The van der Waals surface area contributed by atoms with Gasteiger partial charge in [-0.25, -0.2) is 8.78 Å². The minimum atomic E-state index is -2.39. The lowest BCUT2D eigenvalue weighted by atomic mass is 9.98. The maximum atomic E-state index is 13.2. The van der Waals surface area contributed by atoms with E-state index in [0.717, 1.165) is 0 Å². The van der Waals surface area contributed by atoms with Gasteiger partial charge >= 0.3 is 0 Å². The summed E-state index contributed by atoms with van der Waals surface area (Å²) in [5.41, 5.74) is 0. The van der Waals surface area contributed by atoms with Gasteiger partial charge in [-0.3, -0.25) is 4.90 Å². The smallest absolute Gasteiger partial charge is 0.268 e. The minimum absolute atomic E-state index is 0.241. The van der Waals surface area contributed by atoms with Crippen LogP contribution in [-0.2, 0) is 0 Å². The summed E-state index contributed by atoms with van der Waals surface area (Å²) in [6, 6.07) is 0.158. The first-order valence-electron chi connectivity index (χ1n) is 5.52. The van der Waals surface area contributed by atoms with Gasteiger partial charge in [0.15, 0.2) is 0 Å². The monoisotopic (exact) mass is 203 g/mol. The van der Waals surface area contributed by atoms with E-state index in [1.54, 1.807) is 0 Å². The van der Waals surface area contributed by atoms with Gasteiger partial charge in [-0.15, -0.1) is 0 Å². The number of likely N-dealkylation sites (tertiary alicyclic amines) is 1. The minimum Gasteiger partial charge on any atom is -0.289 e. The summed E-state index contributed by atoms with van der Waals surface area (Å²) < 4.78 is 26.5. The highest BCUT2D eigenvalue weighted by atomic mass is 19.3. The van der Waals surface area contributed by atoms with Crippen molar-refractivity contribution < 1.29 is 8.78 Å². The number of fused-ring (bicyclic) bond motifs is 1. The van der Waals surface area contributed by atoms with Gasteiger partial charge in [0.25, 0.3) is 5.92 Å². The Morgan fingerprint density at radius 3 is 2.21 bits per heavy atom. The van der Waals surface area contributed by atoms with Crippen LogP contribution >= 0.6 is 0 Å². The van der Waals surface area contributed by atoms with Gasteiger partial charge in [-0.1, -0.05) is 13.8 Å². The van der Waals surface area contributed by atoms with Gasteiger partial charge in [-0.2, -0.15) is 0 Å². The van der Waals surface area contributed by atoms with Crippen LogP contribution in [0.25, 0.3) is 0 Å². The summed E-state index contributed by atoms with van der Waals surface area (Å²) in [6.45, 7) is 8.30. The third-order valence-corrected chi connectivity index (χ3v) is 3.73. The maximum absolute atomic E-state index is 13.2. The molecule has 0 bridgehead atoms. The lowest BCUT2D eigenvalue weighted by Gasteiger charge is -2.34. The highest BCUT2D eigenvalue weighted by Crippen LogP contribution is 2.61. The van der Waals surface area contributed by atoms with E-state index in [0.29, 0.717) is 18.4 Å². The van der Waals surface area contributed by atoms with Gasteiger partial charge in [-0.05, 0) is 26.2 Å². The standard InChI is InChI=1S/C11H19F2N/c1-6(2)9-5-8-10(11(8,12)13)14(9)7(3)4/h6-10H,5H2,1-4H3/t8?,9-,10?/m0/s1. The molecule has 0 aromatic rings. The van der Waals surface area contributed by atoms with E-state index in [4.69, 9.17) is 0 Å². The van der Waals surface area contributed by atoms with Crippen molar-refractivity contribution >= 4 is 0 Å². The molecular weight excluding hydrogens is 184 g/mol. The van der Waals surface area contributed by atoms with Crippen molar-refractivity contribution in [2.45, 2.75) is 58.2 Å². The highest BCUT2D eigenvalue weighted by Gasteiger charge is 2.75. The molecule has 0 spiro atoms. The van der Waals surface area contributed by atoms with E-state index < -0.39 is 12.0 Å². The molecule has 0 aromatic carbocycles. The summed E-state index contributed by atoms with van der Waals surface area (Å²) in [5, 5.41) is 0. The molecule has 0 aromatic heterocycles. The molecule has 1 aliphatic heterocycles. The number of hydrogen-bond donors (Lipinski definition) is 0. The Hall–Kier alpha value is -0.180. The Bertz CT molecular complexity index is 235. The molecule has 1 aliphatic carbocycles. The number of hydrogen-bond acceptors (Lipinski definition) is 1. The predicted octanol–water partition coefficient (Wildman–Crippen LogP) is 2.76. The van der Waals surface area contributed by atoms with Crippen molar-refractivity contribution in [1.82, 2.24) is 4.90 Å². The maximum Gasteiger partial charge on any atom is 0.268 e. The molecule has 0 N–H and O–H groups in total. The summed E-state index contributed by atoms with van der Waals surface area (Å²) in [6.07, 6.45) is 0.688. The van der Waals surface area contributed by atoms with Crippen LogP contribution in [0.3, 0.4) is 0 Å². The zero-order chi connectivity index (χ0) is 10.7. The Morgan fingerprint density at radius 1 is 1.21 bits per heavy atom. The van der Waals surface area contributed by atoms with E-state index in [1.165, 1.54) is 0 Å². The third kappa shape index (κ3) is 1.21. The van der Waals surface area contributed by atoms with E-state index in [2.05, 4.69) is 13.8 Å². The number of nitrogens with zero attached hydrogens (tertiary/aromatic N) is 1. The van der Waals surface area contributed by atoms with Crippen molar-refractivity contribution in [3.8, 4) is 0 Å². The van der Waals surface area contributed by atoms with E-state index >= 15 is 0 Å². The first kappa shape index (κ1) is 10.3. The van der Waals surface area contributed by atoms with E-state index in [-0.39, 0.29) is 12.0 Å². The van der Waals surface area contributed by atoms with Crippen LogP contribution in [0.5, 0.6) is 0 Å². The number of rotatable bonds is 2. The Kier molecular flexibility index (Phi) is 2.15. The lowest BCUT2D eigenvalue weighted by molar-refractivity contribution is 0.00863. The molecule has 1 heterocycles. The summed E-state index contributed by atoms with van der Waals surface area (Å²) in [5.74, 6) is -2.26. The van der Waals surface area contributed by atoms with Gasteiger partial charge < -0.3 is 0 Å². The van der Waals surface area contributed by atoms with Crippen molar-refractivity contribution in [3.63, 3.8) is 0 Å². The van der Waals surface area contributed by atoms with Crippen LogP contribution in [0.15, 0.2) is 0 Å². The average Bonchev–Trinajstić information content (AvgIpc) is 2.47. The van der Waals surface area contributed by atoms with Gasteiger partial charge in [0.1, 0.15) is 0 Å². The molecule has 2 aliphatic rings. The average molecular weight is 203 g/mol. The molecule has 14 heavy (non-hydrogen) atoms. The van der Waals surface area contributed by atoms with E-state index in [9.17, 15) is 8.78 Å². The summed E-state index contributed by atoms with van der Waals surface area (Å²) in [4.78, 5) is 2.04. The fourth-order valence-corrected chi connectivity index (χ4v) is 2.97. The highest BCUT2D eigenvalue weighted by molar-refractivity contribution is 5.20. The Balaban J connectivity index is 2.15. The quantitative estimate of drug-likeness (QED) is 0.667. The first-order valence-corrected chi connectivity index (χ1v) is 5.52. The van der Waals surface area contributed by atoms with Crippen LogP contribution in [0.1, 0.15) is 34.1 Å². The van der Waals surface area contributed by atoms with Crippen molar-refractivity contribution in [1.29, 1.82) is 0 Å². The molecule has 2 unspecified atom stereocenters. The lowest BCUT2D eigenvalue weighted by Crippen LogP contribution is -2.44. The van der Waals surface area contributed by atoms with E-state index in [1.807, 2.05) is 18.7 Å². The molecule has 0 amide bonds. The Labute approximate surface area is 84.5 Å². The van der Waals surface area contributed by atoms with Crippen molar-refractivity contribution in [2.24, 2.45) is 11.8 Å². The van der Waals surface area contributed by atoms with Gasteiger partial charge in [0, 0.05) is 18.0 Å². The third-order valence-electron chi connectivity index (χ3n) is 3.73. The molecule has 82 valence electrons. The van der Waals surface area contributed by atoms with Crippen LogP contribution in [0, 0.1) is 11.8 Å². The van der Waals surface area contributed by atoms with Crippen molar-refractivity contribution in [3.05, 3.63) is 0 Å². The number of piperidine rings is 1. The zero-order valence-corrected chi connectivity index (χ0v) is 9.30. The first-order chi connectivity index (χ1) is 6.37. The van der Waals surface area contributed by atoms with Crippen LogP contribution < -0.4 is 0 Å². The largest absolute Gasteiger partial charge is 0.289 e. The zero-order valence-electron chi connectivity index (χ0n) is 9.30. The Morgan fingerprint density at radius 2 is 1.79 bits per heavy atom. The topological polar surface area (TPSA) is 3.24 Å². The molecule has 1 saturated heterocycles. The SMILES string of the molecule is CC(C)[C@@H]1CC2C(N1C(C)C)C2(F)F. The van der Waals surface area contributed by atoms with Crippen molar-refractivity contribution in [2.75, 3.05) is 0 Å². The molecular formula is C11H19F2N. The van der Waals surface area contributed by atoms with Crippen LogP contribution in [-0.4, -0.2) is 28.9 Å². The predicted molar refractivity (Wildman–Crippen MR) is 52.4 cm³/mol. The second kappa shape index (κ2) is 2.91. The molecule has 3 atom stereocenters. The molecule has 1 saturated carbocycles. The number of alkyl halides is 2. The summed E-state index contributed by atoms with van der Waals surface area (Å²) >= 11 is 0. The molecule has 1 nitrogen and oxygen atoms in total. The van der Waals surface area contributed by atoms with Gasteiger partial charge in [0.2, 0.25) is 0 Å². The second-order valence-electron chi connectivity index (χ2n) is 5.31. The normalized spacial score (nSPS) is 40.7. The second-order valence-corrected chi connectivity index (χ2v) is 5.31. The molecule has 2 rings (SSSR count). The fourth-order valence-electron chi connectivity index (χ4n) is 2.97. The molecule has 3 heteroatoms.